The lowest BCUT2D eigenvalue weighted by Crippen LogP contribution is -2.49. The van der Waals surface area contributed by atoms with E-state index in [1.54, 1.807) is 6.07 Å². The lowest BCUT2D eigenvalue weighted by atomic mass is 10.1. The minimum Gasteiger partial charge on any atom is -0.339 e. The van der Waals surface area contributed by atoms with Crippen molar-refractivity contribution in [1.29, 1.82) is 0 Å². The largest absolute Gasteiger partial charge is 0.339 e. The van der Waals surface area contributed by atoms with Crippen molar-refractivity contribution in [3.05, 3.63) is 58.0 Å². The third-order valence-electron chi connectivity index (χ3n) is 7.29. The van der Waals surface area contributed by atoms with Gasteiger partial charge in [0.05, 0.1) is 5.69 Å². The van der Waals surface area contributed by atoms with Crippen molar-refractivity contribution < 1.29 is 4.79 Å². The van der Waals surface area contributed by atoms with Crippen LogP contribution in [0.25, 0.3) is 0 Å². The smallest absolute Gasteiger partial charge is 0.252 e. The molecule has 0 aliphatic carbocycles. The fourth-order valence-corrected chi connectivity index (χ4v) is 4.99. The Hall–Kier alpha value is -2.67. The Morgan fingerprint density at radius 2 is 1.54 bits per heavy atom. The maximum Gasteiger partial charge on any atom is 0.252 e. The maximum atomic E-state index is 12.7. The SMILES string of the molecule is CCCCCCCCCCCC(=O)N1CCN(c2nc(CN(CC)Cc3ccccc3)cc(=O)[nH]2)CC1. The highest BCUT2D eigenvalue weighted by Crippen LogP contribution is 2.15. The van der Waals surface area contributed by atoms with Crippen LogP contribution in [0.5, 0.6) is 0 Å². The zero-order chi connectivity index (χ0) is 26.3. The van der Waals surface area contributed by atoms with Crippen LogP contribution < -0.4 is 10.5 Å². The number of nitrogens with one attached hydrogen (secondary N) is 1. The second-order valence-corrected chi connectivity index (χ2v) is 10.3. The molecule has 2 heterocycles. The van der Waals surface area contributed by atoms with Crippen LogP contribution in [-0.4, -0.2) is 58.4 Å². The van der Waals surface area contributed by atoms with Crippen LogP contribution in [-0.2, 0) is 17.9 Å². The van der Waals surface area contributed by atoms with Crippen molar-refractivity contribution >= 4 is 11.9 Å². The van der Waals surface area contributed by atoms with Crippen molar-refractivity contribution in [2.45, 2.75) is 91.1 Å². The molecule has 37 heavy (non-hydrogen) atoms. The van der Waals surface area contributed by atoms with Crippen molar-refractivity contribution in [3.63, 3.8) is 0 Å². The molecule has 1 aliphatic rings. The van der Waals surface area contributed by atoms with Gasteiger partial charge in [-0.3, -0.25) is 19.5 Å². The number of carbonyl (C=O) groups is 1. The summed E-state index contributed by atoms with van der Waals surface area (Å²) in [5.41, 5.74) is 1.90. The topological polar surface area (TPSA) is 72.5 Å². The molecule has 0 spiro atoms. The fourth-order valence-electron chi connectivity index (χ4n) is 4.99. The van der Waals surface area contributed by atoms with Crippen LogP contribution in [0.4, 0.5) is 5.95 Å². The van der Waals surface area contributed by atoms with Gasteiger partial charge in [0.2, 0.25) is 11.9 Å². The van der Waals surface area contributed by atoms with Gasteiger partial charge in [-0.1, -0.05) is 95.5 Å². The van der Waals surface area contributed by atoms with Gasteiger partial charge in [-0.2, -0.15) is 0 Å². The van der Waals surface area contributed by atoms with Gasteiger partial charge in [-0.25, -0.2) is 4.98 Å². The molecule has 0 unspecified atom stereocenters. The normalized spacial score (nSPS) is 13.9. The number of aromatic amines is 1. The van der Waals surface area contributed by atoms with Gasteiger partial charge >= 0.3 is 0 Å². The van der Waals surface area contributed by atoms with Crippen LogP contribution >= 0.6 is 0 Å². The molecule has 0 bridgehead atoms. The molecule has 7 heteroatoms. The third-order valence-corrected chi connectivity index (χ3v) is 7.29. The van der Waals surface area contributed by atoms with Gasteiger partial charge in [-0.05, 0) is 18.5 Å². The van der Waals surface area contributed by atoms with Crippen LogP contribution in [0.1, 0.15) is 89.3 Å². The standard InChI is InChI=1S/C30H47N5O2/c1-3-5-6-7-8-9-10-11-15-18-29(37)34-19-21-35(22-20-34)30-31-27(23-28(36)32-30)25-33(4-2)24-26-16-13-12-14-17-26/h12-14,16-17,23H,3-11,15,18-22,24-25H2,1-2H3,(H,31,32,36). The number of nitrogens with zero attached hydrogens (tertiary/aromatic N) is 4. The molecule has 0 saturated carbocycles. The Labute approximate surface area is 223 Å². The summed E-state index contributed by atoms with van der Waals surface area (Å²) in [5, 5.41) is 0. The maximum absolute atomic E-state index is 12.7. The van der Waals surface area contributed by atoms with Crippen molar-refractivity contribution in [2.24, 2.45) is 0 Å². The number of rotatable bonds is 16. The lowest BCUT2D eigenvalue weighted by molar-refractivity contribution is -0.131. The second-order valence-electron chi connectivity index (χ2n) is 10.3. The molecule has 204 valence electrons. The first kappa shape index (κ1) is 28.9. The van der Waals surface area contributed by atoms with E-state index in [1.165, 1.54) is 50.5 Å². The summed E-state index contributed by atoms with van der Waals surface area (Å²) >= 11 is 0. The number of H-pyrrole nitrogens is 1. The number of hydrogen-bond donors (Lipinski definition) is 1. The van der Waals surface area contributed by atoms with Gasteiger partial charge in [-0.15, -0.1) is 0 Å². The van der Waals surface area contributed by atoms with E-state index in [-0.39, 0.29) is 11.5 Å². The Kier molecular flexibility index (Phi) is 12.7. The molecular formula is C30H47N5O2. The molecule has 1 aliphatic heterocycles. The molecule has 0 atom stereocenters. The van der Waals surface area contributed by atoms with Crippen LogP contribution in [0.15, 0.2) is 41.2 Å². The predicted molar refractivity (Wildman–Crippen MR) is 152 cm³/mol. The molecular weight excluding hydrogens is 462 g/mol. The fraction of sp³-hybridized carbons (Fsp3) is 0.633. The molecule has 0 radical (unpaired) electrons. The first-order valence-corrected chi connectivity index (χ1v) is 14.5. The van der Waals surface area contributed by atoms with Gasteiger partial charge < -0.3 is 9.80 Å². The van der Waals surface area contributed by atoms with E-state index < -0.39 is 0 Å². The molecule has 7 nitrogen and oxygen atoms in total. The van der Waals surface area contributed by atoms with Gasteiger partial charge in [0.1, 0.15) is 0 Å². The number of benzene rings is 1. The van der Waals surface area contributed by atoms with E-state index >= 15 is 0 Å². The first-order valence-electron chi connectivity index (χ1n) is 14.5. The molecule has 1 aromatic carbocycles. The summed E-state index contributed by atoms with van der Waals surface area (Å²) in [4.78, 5) is 39.1. The van der Waals surface area contributed by atoms with E-state index in [9.17, 15) is 9.59 Å². The van der Waals surface area contributed by atoms with E-state index in [4.69, 9.17) is 4.98 Å². The van der Waals surface area contributed by atoms with E-state index in [1.807, 2.05) is 23.1 Å². The number of amides is 1. The number of aromatic nitrogens is 2. The molecule has 1 saturated heterocycles. The summed E-state index contributed by atoms with van der Waals surface area (Å²) < 4.78 is 0. The summed E-state index contributed by atoms with van der Waals surface area (Å²) in [6.07, 6.45) is 12.0. The molecule has 2 aromatic rings. The van der Waals surface area contributed by atoms with Crippen molar-refractivity contribution in [2.75, 3.05) is 37.6 Å². The van der Waals surface area contributed by atoms with Crippen molar-refractivity contribution in [1.82, 2.24) is 19.8 Å². The van der Waals surface area contributed by atoms with Gasteiger partial charge in [0.15, 0.2) is 0 Å². The highest BCUT2D eigenvalue weighted by atomic mass is 16.2. The lowest BCUT2D eigenvalue weighted by Gasteiger charge is -2.35. The van der Waals surface area contributed by atoms with Gasteiger partial charge in [0, 0.05) is 51.8 Å². The van der Waals surface area contributed by atoms with Crippen molar-refractivity contribution in [3.8, 4) is 0 Å². The minimum absolute atomic E-state index is 0.125. The molecule has 1 aromatic heterocycles. The zero-order valence-electron chi connectivity index (χ0n) is 23.1. The summed E-state index contributed by atoms with van der Waals surface area (Å²) in [6, 6.07) is 12.0. The Morgan fingerprint density at radius 3 is 2.19 bits per heavy atom. The Morgan fingerprint density at radius 1 is 0.892 bits per heavy atom. The van der Waals surface area contributed by atoms with E-state index in [2.05, 4.69) is 40.8 Å². The number of anilines is 1. The average Bonchev–Trinajstić information content (AvgIpc) is 2.92. The zero-order valence-corrected chi connectivity index (χ0v) is 23.1. The first-order chi connectivity index (χ1) is 18.1. The highest BCUT2D eigenvalue weighted by molar-refractivity contribution is 5.76. The number of piperazine rings is 1. The van der Waals surface area contributed by atoms with Crippen LogP contribution in [0.3, 0.4) is 0 Å². The average molecular weight is 510 g/mol. The molecule has 1 fully saturated rings. The minimum atomic E-state index is -0.125. The van der Waals surface area contributed by atoms with Gasteiger partial charge in [0.25, 0.3) is 5.56 Å². The van der Waals surface area contributed by atoms with E-state index in [0.29, 0.717) is 45.1 Å². The number of unbranched alkanes of at least 4 members (excludes halogenated alkanes) is 8. The molecule has 3 rings (SSSR count). The molecule has 1 amide bonds. The third kappa shape index (κ3) is 10.3. The summed E-state index contributed by atoms with van der Waals surface area (Å²) in [5.74, 6) is 0.876. The second kappa shape index (κ2) is 16.2. The quantitative estimate of drug-likeness (QED) is 0.308. The Balaban J connectivity index is 1.41. The Bertz CT molecular complexity index is 969. The van der Waals surface area contributed by atoms with Crippen LogP contribution in [0, 0.1) is 0 Å². The number of hydrogen-bond acceptors (Lipinski definition) is 5. The number of carbonyl (C=O) groups excluding carboxylic acids is 1. The molecule has 1 N–H and O–H groups in total. The summed E-state index contributed by atoms with van der Waals surface area (Å²) in [7, 11) is 0. The highest BCUT2D eigenvalue weighted by Gasteiger charge is 2.22. The van der Waals surface area contributed by atoms with E-state index in [0.717, 1.165) is 31.6 Å². The van der Waals surface area contributed by atoms with Crippen LogP contribution in [0.2, 0.25) is 0 Å². The summed E-state index contributed by atoms with van der Waals surface area (Å²) in [6.45, 7) is 9.44. The predicted octanol–water partition coefficient (Wildman–Crippen LogP) is 5.36. The monoisotopic (exact) mass is 509 g/mol.